The number of nitrogens with one attached hydrogen (secondary N) is 1. The number of carbonyl (C=O) groups excluding carboxylic acids is 1. The van der Waals surface area contributed by atoms with E-state index in [9.17, 15) is 9.18 Å². The lowest BCUT2D eigenvalue weighted by atomic mass is 10.1. The maximum atomic E-state index is 12.8. The quantitative estimate of drug-likeness (QED) is 0.666. The smallest absolute Gasteiger partial charge is 0.256 e. The van der Waals surface area contributed by atoms with Crippen molar-refractivity contribution in [3.63, 3.8) is 0 Å². The van der Waals surface area contributed by atoms with Gasteiger partial charge in [-0.1, -0.05) is 23.9 Å². The van der Waals surface area contributed by atoms with Gasteiger partial charge in [-0.15, -0.1) is 0 Å². The van der Waals surface area contributed by atoms with Crippen LogP contribution in [0.2, 0.25) is 0 Å². The van der Waals surface area contributed by atoms with Crippen LogP contribution >= 0.6 is 11.8 Å². The molecule has 4 nitrogen and oxygen atoms in total. The molecule has 25 heavy (non-hydrogen) atoms. The minimum Gasteiger partial charge on any atom is -0.431 e. The van der Waals surface area contributed by atoms with Gasteiger partial charge in [-0.2, -0.15) is 0 Å². The molecule has 128 valence electrons. The van der Waals surface area contributed by atoms with E-state index in [0.717, 1.165) is 5.56 Å². The molecule has 0 atom stereocenters. The molecule has 1 amide bonds. The molecule has 0 unspecified atom stereocenters. The highest BCUT2D eigenvalue weighted by atomic mass is 32.2. The van der Waals surface area contributed by atoms with Crippen LogP contribution in [0.15, 0.2) is 58.3 Å². The van der Waals surface area contributed by atoms with Crippen molar-refractivity contribution in [2.75, 3.05) is 11.1 Å². The minimum atomic E-state index is -0.342. The number of carbonyl (C=O) groups is 1. The van der Waals surface area contributed by atoms with Crippen LogP contribution in [-0.4, -0.2) is 16.6 Å². The molecule has 0 aliphatic heterocycles. The summed E-state index contributed by atoms with van der Waals surface area (Å²) >= 11 is 1.21. The van der Waals surface area contributed by atoms with Gasteiger partial charge in [0.15, 0.2) is 5.76 Å². The summed E-state index contributed by atoms with van der Waals surface area (Å²) in [5.74, 6) is 0.280. The van der Waals surface area contributed by atoms with Gasteiger partial charge in [0.2, 0.25) is 5.91 Å². The number of rotatable bonds is 5. The Kier molecular flexibility index (Phi) is 5.19. The predicted octanol–water partition coefficient (Wildman–Crippen LogP) is 4.83. The molecule has 0 saturated carbocycles. The largest absolute Gasteiger partial charge is 0.431 e. The van der Waals surface area contributed by atoms with Gasteiger partial charge in [0.05, 0.1) is 11.9 Å². The van der Waals surface area contributed by atoms with E-state index in [-0.39, 0.29) is 17.5 Å². The maximum Gasteiger partial charge on any atom is 0.256 e. The average molecular weight is 356 g/mol. The van der Waals surface area contributed by atoms with Crippen molar-refractivity contribution in [2.45, 2.75) is 19.1 Å². The van der Waals surface area contributed by atoms with Crippen LogP contribution in [-0.2, 0) is 4.79 Å². The van der Waals surface area contributed by atoms with Crippen LogP contribution in [0.3, 0.4) is 0 Å². The number of nitrogens with zero attached hydrogens (tertiary/aromatic N) is 1. The molecule has 3 aromatic rings. The van der Waals surface area contributed by atoms with Gasteiger partial charge in [-0.25, -0.2) is 9.37 Å². The first-order valence-electron chi connectivity index (χ1n) is 7.73. The molecule has 0 fully saturated rings. The Bertz CT molecular complexity index is 891. The lowest BCUT2D eigenvalue weighted by Crippen LogP contribution is -2.13. The van der Waals surface area contributed by atoms with E-state index >= 15 is 0 Å². The molecule has 2 aromatic carbocycles. The summed E-state index contributed by atoms with van der Waals surface area (Å²) in [5, 5.41) is 3.13. The first-order chi connectivity index (χ1) is 12.0. The zero-order valence-corrected chi connectivity index (χ0v) is 14.7. The zero-order chi connectivity index (χ0) is 17.8. The minimum absolute atomic E-state index is 0.157. The standard InChI is InChI=1S/C19H17FN2O2S/c1-12-3-4-14(9-13(12)2)17-10-21-19(24-17)25-11-18(23)22-16-7-5-15(20)6-8-16/h3-10H,11H2,1-2H3,(H,22,23). The fraction of sp³-hybridized carbons (Fsp3) is 0.158. The Hall–Kier alpha value is -2.60. The van der Waals surface area contributed by atoms with E-state index in [0.29, 0.717) is 16.7 Å². The lowest BCUT2D eigenvalue weighted by Gasteiger charge is -2.03. The van der Waals surface area contributed by atoms with Crippen molar-refractivity contribution in [3.05, 3.63) is 65.6 Å². The van der Waals surface area contributed by atoms with Crippen molar-refractivity contribution in [1.29, 1.82) is 0 Å². The molecular formula is C19H17FN2O2S. The first kappa shape index (κ1) is 17.2. The third-order valence-corrected chi connectivity index (χ3v) is 4.57. The SMILES string of the molecule is Cc1ccc(-c2cnc(SCC(=O)Nc3ccc(F)cc3)o2)cc1C. The van der Waals surface area contributed by atoms with Crippen LogP contribution in [0.1, 0.15) is 11.1 Å². The molecule has 0 radical (unpaired) electrons. The predicted molar refractivity (Wildman–Crippen MR) is 97.2 cm³/mol. The Labute approximate surface area is 149 Å². The second-order valence-electron chi connectivity index (χ2n) is 5.63. The summed E-state index contributed by atoms with van der Waals surface area (Å²) in [6.07, 6.45) is 1.66. The second-order valence-corrected chi connectivity index (χ2v) is 6.56. The number of hydrogen-bond acceptors (Lipinski definition) is 4. The van der Waals surface area contributed by atoms with Crippen molar-refractivity contribution in [1.82, 2.24) is 4.98 Å². The van der Waals surface area contributed by atoms with Crippen LogP contribution < -0.4 is 5.32 Å². The molecule has 0 aliphatic carbocycles. The maximum absolute atomic E-state index is 12.8. The van der Waals surface area contributed by atoms with Gasteiger partial charge < -0.3 is 9.73 Å². The first-order valence-corrected chi connectivity index (χ1v) is 8.71. The van der Waals surface area contributed by atoms with E-state index < -0.39 is 0 Å². The number of amides is 1. The summed E-state index contributed by atoms with van der Waals surface area (Å²) in [6, 6.07) is 11.7. The monoisotopic (exact) mass is 356 g/mol. The molecule has 0 spiro atoms. The summed E-state index contributed by atoms with van der Waals surface area (Å²) in [6.45, 7) is 4.10. The fourth-order valence-electron chi connectivity index (χ4n) is 2.21. The van der Waals surface area contributed by atoms with E-state index in [4.69, 9.17) is 4.42 Å². The third-order valence-electron chi connectivity index (χ3n) is 3.73. The number of hydrogen-bond donors (Lipinski definition) is 1. The summed E-state index contributed by atoms with van der Waals surface area (Å²) in [7, 11) is 0. The van der Waals surface area contributed by atoms with Crippen LogP contribution in [0, 0.1) is 19.7 Å². The summed E-state index contributed by atoms with van der Waals surface area (Å²) < 4.78 is 18.5. The van der Waals surface area contributed by atoms with Crippen molar-refractivity contribution in [3.8, 4) is 11.3 Å². The summed E-state index contributed by atoms with van der Waals surface area (Å²) in [4.78, 5) is 16.1. The number of halogens is 1. The van der Waals surface area contributed by atoms with E-state index in [2.05, 4.69) is 17.2 Å². The number of oxazole rings is 1. The van der Waals surface area contributed by atoms with Crippen molar-refractivity contribution >= 4 is 23.4 Å². The zero-order valence-electron chi connectivity index (χ0n) is 13.9. The average Bonchev–Trinajstić information content (AvgIpc) is 3.07. The lowest BCUT2D eigenvalue weighted by molar-refractivity contribution is -0.113. The van der Waals surface area contributed by atoms with Gasteiger partial charge in [0.1, 0.15) is 5.82 Å². The highest BCUT2D eigenvalue weighted by Gasteiger charge is 2.10. The molecule has 0 saturated heterocycles. The highest BCUT2D eigenvalue weighted by molar-refractivity contribution is 7.99. The van der Waals surface area contributed by atoms with Crippen LogP contribution in [0.25, 0.3) is 11.3 Å². The Balaban J connectivity index is 1.58. The third kappa shape index (κ3) is 4.48. The molecular weight excluding hydrogens is 339 g/mol. The number of aromatic nitrogens is 1. The molecule has 1 N–H and O–H groups in total. The fourth-order valence-corrected chi connectivity index (χ4v) is 2.81. The summed E-state index contributed by atoms with van der Waals surface area (Å²) in [5.41, 5.74) is 3.91. The van der Waals surface area contributed by atoms with Crippen molar-refractivity contribution < 1.29 is 13.6 Å². The molecule has 0 aliphatic rings. The second kappa shape index (κ2) is 7.53. The van der Waals surface area contributed by atoms with Gasteiger partial charge in [0, 0.05) is 11.3 Å². The van der Waals surface area contributed by atoms with E-state index in [1.54, 1.807) is 6.20 Å². The van der Waals surface area contributed by atoms with Crippen LogP contribution in [0.4, 0.5) is 10.1 Å². The normalized spacial score (nSPS) is 10.7. The molecule has 3 rings (SSSR count). The van der Waals surface area contributed by atoms with E-state index in [1.165, 1.54) is 47.2 Å². The molecule has 6 heteroatoms. The molecule has 1 heterocycles. The van der Waals surface area contributed by atoms with Crippen LogP contribution in [0.5, 0.6) is 0 Å². The molecule has 1 aromatic heterocycles. The van der Waals surface area contributed by atoms with Gasteiger partial charge in [0.25, 0.3) is 5.22 Å². The highest BCUT2D eigenvalue weighted by Crippen LogP contribution is 2.27. The Morgan fingerprint density at radius 2 is 1.92 bits per heavy atom. The Morgan fingerprint density at radius 1 is 1.16 bits per heavy atom. The van der Waals surface area contributed by atoms with Gasteiger partial charge in [-0.3, -0.25) is 4.79 Å². The van der Waals surface area contributed by atoms with Gasteiger partial charge >= 0.3 is 0 Å². The molecule has 0 bridgehead atoms. The van der Waals surface area contributed by atoms with Gasteiger partial charge in [-0.05, 0) is 55.3 Å². The number of thioether (sulfide) groups is 1. The number of benzene rings is 2. The Morgan fingerprint density at radius 3 is 2.64 bits per heavy atom. The topological polar surface area (TPSA) is 55.1 Å². The number of anilines is 1. The number of aryl methyl sites for hydroxylation is 2. The van der Waals surface area contributed by atoms with E-state index in [1.807, 2.05) is 25.1 Å². The van der Waals surface area contributed by atoms with Crippen molar-refractivity contribution in [2.24, 2.45) is 0 Å².